The van der Waals surface area contributed by atoms with Crippen molar-refractivity contribution in [3.05, 3.63) is 82.6 Å². The van der Waals surface area contributed by atoms with Gasteiger partial charge in [0, 0.05) is 6.42 Å². The molecule has 24 heavy (non-hydrogen) atoms. The van der Waals surface area contributed by atoms with Gasteiger partial charge in [0.2, 0.25) is 0 Å². The summed E-state index contributed by atoms with van der Waals surface area (Å²) in [5.41, 5.74) is 3.39. The van der Waals surface area contributed by atoms with E-state index in [-0.39, 0.29) is 6.04 Å². The van der Waals surface area contributed by atoms with Gasteiger partial charge in [-0.05, 0) is 29.1 Å². The molecule has 1 aromatic heterocycles. The number of thiophene rings is 1. The van der Waals surface area contributed by atoms with Gasteiger partial charge in [0.15, 0.2) is 0 Å². The summed E-state index contributed by atoms with van der Waals surface area (Å²) in [6.07, 6.45) is 0.891. The van der Waals surface area contributed by atoms with Crippen molar-refractivity contribution in [2.45, 2.75) is 12.5 Å². The Labute approximate surface area is 145 Å². The third-order valence-electron chi connectivity index (χ3n) is 4.23. The van der Waals surface area contributed by atoms with Crippen LogP contribution in [0.3, 0.4) is 0 Å². The fourth-order valence-electron chi connectivity index (χ4n) is 3.08. The molecule has 0 spiro atoms. The van der Waals surface area contributed by atoms with Crippen molar-refractivity contribution in [3.63, 3.8) is 0 Å². The fraction of sp³-hybridized carbons (Fsp3) is 0.150. The summed E-state index contributed by atoms with van der Waals surface area (Å²) in [4.78, 5) is 1.23. The second kappa shape index (κ2) is 6.49. The topological polar surface area (TPSA) is 24.8 Å². The van der Waals surface area contributed by atoms with Gasteiger partial charge >= 0.3 is 0 Å². The highest BCUT2D eigenvalue weighted by Crippen LogP contribution is 2.40. The third kappa shape index (κ3) is 2.69. The van der Waals surface area contributed by atoms with Crippen LogP contribution in [0.4, 0.5) is 5.69 Å². The molecule has 3 nitrogen and oxygen atoms in total. The van der Waals surface area contributed by atoms with Crippen LogP contribution in [0.5, 0.6) is 5.75 Å². The van der Waals surface area contributed by atoms with Crippen LogP contribution in [-0.4, -0.2) is 12.8 Å². The molecule has 0 fully saturated rings. The number of benzene rings is 2. The Morgan fingerprint density at radius 3 is 2.54 bits per heavy atom. The molecular formula is C20H18N2OS. The van der Waals surface area contributed by atoms with Gasteiger partial charge in [0.25, 0.3) is 0 Å². The average Bonchev–Trinajstić information content (AvgIpc) is 3.32. The third-order valence-corrected chi connectivity index (χ3v) is 5.15. The zero-order valence-corrected chi connectivity index (χ0v) is 14.2. The molecule has 0 saturated heterocycles. The van der Waals surface area contributed by atoms with E-state index in [0.717, 1.165) is 23.6 Å². The van der Waals surface area contributed by atoms with Crippen molar-refractivity contribution >= 4 is 22.7 Å². The first-order valence-electron chi connectivity index (χ1n) is 7.95. The maximum Gasteiger partial charge on any atom is 0.144 e. The predicted octanol–water partition coefficient (Wildman–Crippen LogP) is 5.11. The summed E-state index contributed by atoms with van der Waals surface area (Å²) in [7, 11) is 1.70. The van der Waals surface area contributed by atoms with E-state index < -0.39 is 0 Å². The quantitative estimate of drug-likeness (QED) is 0.662. The van der Waals surface area contributed by atoms with Gasteiger partial charge in [-0.2, -0.15) is 5.10 Å². The summed E-state index contributed by atoms with van der Waals surface area (Å²) < 4.78 is 5.56. The lowest BCUT2D eigenvalue weighted by Gasteiger charge is -2.25. The minimum atomic E-state index is 0.180. The lowest BCUT2D eigenvalue weighted by atomic mass is 10.0. The Bertz CT molecular complexity index is 843. The molecule has 4 rings (SSSR count). The molecule has 0 aliphatic carbocycles. The maximum absolute atomic E-state index is 5.56. The first kappa shape index (κ1) is 15.0. The fourth-order valence-corrected chi connectivity index (χ4v) is 3.80. The minimum Gasteiger partial charge on any atom is -0.495 e. The molecule has 4 heteroatoms. The van der Waals surface area contributed by atoms with Gasteiger partial charge in [0.1, 0.15) is 11.4 Å². The van der Waals surface area contributed by atoms with Crippen molar-refractivity contribution in [1.82, 2.24) is 0 Å². The van der Waals surface area contributed by atoms with Crippen molar-refractivity contribution in [3.8, 4) is 5.75 Å². The Morgan fingerprint density at radius 1 is 1.00 bits per heavy atom. The van der Waals surface area contributed by atoms with Gasteiger partial charge in [-0.1, -0.05) is 48.5 Å². The summed E-state index contributed by atoms with van der Waals surface area (Å²) in [6, 6.07) is 23.0. The molecule has 0 bridgehead atoms. The van der Waals surface area contributed by atoms with Gasteiger partial charge < -0.3 is 4.74 Å². The van der Waals surface area contributed by atoms with Crippen LogP contribution in [0.2, 0.25) is 0 Å². The number of ether oxygens (including phenoxy) is 1. The molecule has 1 atom stereocenters. The number of para-hydroxylation sites is 2. The smallest absolute Gasteiger partial charge is 0.144 e. The molecule has 0 saturated carbocycles. The van der Waals surface area contributed by atoms with Crippen LogP contribution in [0.1, 0.15) is 22.9 Å². The van der Waals surface area contributed by atoms with Gasteiger partial charge in [-0.15, -0.1) is 11.3 Å². The summed E-state index contributed by atoms with van der Waals surface area (Å²) in [6.45, 7) is 0. The molecule has 0 radical (unpaired) electrons. The van der Waals surface area contributed by atoms with Gasteiger partial charge in [0.05, 0.1) is 23.7 Å². The molecule has 0 amide bonds. The number of hydrazone groups is 1. The van der Waals surface area contributed by atoms with E-state index in [4.69, 9.17) is 9.84 Å². The second-order valence-electron chi connectivity index (χ2n) is 5.67. The molecule has 1 aliphatic heterocycles. The zero-order chi connectivity index (χ0) is 16.4. The lowest BCUT2D eigenvalue weighted by molar-refractivity contribution is 0.413. The Kier molecular flexibility index (Phi) is 4.05. The minimum absolute atomic E-state index is 0.180. The number of hydrogen-bond donors (Lipinski definition) is 0. The molecule has 1 aliphatic rings. The van der Waals surface area contributed by atoms with E-state index in [9.17, 15) is 0 Å². The molecule has 0 N–H and O–H groups in total. The number of rotatable bonds is 4. The standard InChI is InChI=1S/C20H18N2OS/c1-23-19-11-6-5-10-17(19)22-18(15-8-3-2-4-9-15)14-16(21-22)20-12-7-13-24-20/h2-13,18H,14H2,1H3/t18-/m1/s1. The zero-order valence-electron chi connectivity index (χ0n) is 13.4. The highest BCUT2D eigenvalue weighted by molar-refractivity contribution is 7.12. The lowest BCUT2D eigenvalue weighted by Crippen LogP contribution is -2.19. The number of anilines is 1. The second-order valence-corrected chi connectivity index (χ2v) is 6.62. The molecule has 2 aromatic carbocycles. The van der Waals surface area contributed by atoms with Crippen molar-refractivity contribution in [2.75, 3.05) is 12.1 Å². The van der Waals surface area contributed by atoms with Crippen LogP contribution in [0.15, 0.2) is 77.2 Å². The highest BCUT2D eigenvalue weighted by atomic mass is 32.1. The molecule has 2 heterocycles. The molecular weight excluding hydrogens is 316 g/mol. The average molecular weight is 334 g/mol. The van der Waals surface area contributed by atoms with Crippen molar-refractivity contribution in [2.24, 2.45) is 5.10 Å². The van der Waals surface area contributed by atoms with E-state index in [1.54, 1.807) is 18.4 Å². The van der Waals surface area contributed by atoms with E-state index in [0.29, 0.717) is 0 Å². The number of nitrogens with zero attached hydrogens (tertiary/aromatic N) is 2. The van der Waals surface area contributed by atoms with Crippen LogP contribution < -0.4 is 9.75 Å². The van der Waals surface area contributed by atoms with E-state index in [1.807, 2.05) is 24.3 Å². The first-order chi connectivity index (χ1) is 11.9. The highest BCUT2D eigenvalue weighted by Gasteiger charge is 2.31. The molecule has 0 unspecified atom stereocenters. The van der Waals surface area contributed by atoms with Gasteiger partial charge in [-0.25, -0.2) is 0 Å². The van der Waals surface area contributed by atoms with E-state index in [1.165, 1.54) is 10.4 Å². The summed E-state index contributed by atoms with van der Waals surface area (Å²) in [5, 5.41) is 9.15. The van der Waals surface area contributed by atoms with Crippen LogP contribution in [0, 0.1) is 0 Å². The molecule has 120 valence electrons. The van der Waals surface area contributed by atoms with Crippen LogP contribution in [-0.2, 0) is 0 Å². The Balaban J connectivity index is 1.79. The van der Waals surface area contributed by atoms with Crippen molar-refractivity contribution < 1.29 is 4.74 Å². The SMILES string of the molecule is COc1ccccc1N1N=C(c2cccs2)C[C@@H]1c1ccccc1. The normalized spacial score (nSPS) is 17.0. The maximum atomic E-state index is 5.56. The first-order valence-corrected chi connectivity index (χ1v) is 8.83. The molecule has 3 aromatic rings. The Morgan fingerprint density at radius 2 is 1.79 bits per heavy atom. The monoisotopic (exact) mass is 334 g/mol. The summed E-state index contributed by atoms with van der Waals surface area (Å²) >= 11 is 1.74. The number of methoxy groups -OCH3 is 1. The van der Waals surface area contributed by atoms with Gasteiger partial charge in [-0.3, -0.25) is 5.01 Å². The van der Waals surface area contributed by atoms with E-state index in [2.05, 4.69) is 52.9 Å². The number of hydrogen-bond acceptors (Lipinski definition) is 4. The van der Waals surface area contributed by atoms with E-state index >= 15 is 0 Å². The largest absolute Gasteiger partial charge is 0.495 e. The summed E-state index contributed by atoms with van der Waals surface area (Å²) in [5.74, 6) is 0.842. The van der Waals surface area contributed by atoms with Crippen LogP contribution in [0.25, 0.3) is 0 Å². The predicted molar refractivity (Wildman–Crippen MR) is 100 cm³/mol. The Hall–Kier alpha value is -2.59. The van der Waals surface area contributed by atoms with Crippen LogP contribution >= 0.6 is 11.3 Å². The van der Waals surface area contributed by atoms with Crippen molar-refractivity contribution in [1.29, 1.82) is 0 Å².